The van der Waals surface area contributed by atoms with Crippen LogP contribution >= 0.6 is 0 Å². The molecule has 0 aromatic carbocycles. The molecule has 102 valence electrons. The van der Waals surface area contributed by atoms with Gasteiger partial charge in [0.1, 0.15) is 28.6 Å². The fourth-order valence-corrected chi connectivity index (χ4v) is 2.94. The van der Waals surface area contributed by atoms with Crippen LogP contribution in [0, 0.1) is 5.92 Å². The maximum atomic E-state index is 9.71. The molecule has 2 fully saturated rings. The Morgan fingerprint density at radius 2 is 2.22 bits per heavy atom. The maximum absolute atomic E-state index is 9.71. The van der Waals surface area contributed by atoms with Crippen LogP contribution in [0.15, 0.2) is 0 Å². The van der Waals surface area contributed by atoms with Crippen LogP contribution in [0.3, 0.4) is 0 Å². The first-order chi connectivity index (χ1) is 9.10. The van der Waals surface area contributed by atoms with E-state index in [1.165, 1.54) is 0 Å². The molecule has 1 saturated carbocycles. The summed E-state index contributed by atoms with van der Waals surface area (Å²) in [6, 6.07) is 0.105. The molecule has 6 atom stereocenters. The second kappa shape index (κ2) is 6.42. The number of hydrogen-bond acceptors (Lipinski definition) is 4. The van der Waals surface area contributed by atoms with E-state index in [-0.39, 0.29) is 25.0 Å². The van der Waals surface area contributed by atoms with Crippen LogP contribution in [-0.4, -0.2) is 58.5 Å². The summed E-state index contributed by atoms with van der Waals surface area (Å²) in [6.07, 6.45) is 2.27. The van der Waals surface area contributed by atoms with Crippen LogP contribution in [0.25, 0.3) is 0 Å². The van der Waals surface area contributed by atoms with Crippen molar-refractivity contribution in [1.82, 2.24) is 0 Å². The van der Waals surface area contributed by atoms with E-state index in [1.54, 1.807) is 0 Å². The van der Waals surface area contributed by atoms with Gasteiger partial charge in [-0.25, -0.2) is 0 Å². The van der Waals surface area contributed by atoms with E-state index >= 15 is 0 Å². The van der Waals surface area contributed by atoms with E-state index in [1.807, 2.05) is 7.85 Å². The van der Waals surface area contributed by atoms with Crippen molar-refractivity contribution in [3.8, 4) is 0 Å². The van der Waals surface area contributed by atoms with E-state index in [2.05, 4.69) is 7.85 Å². The van der Waals surface area contributed by atoms with E-state index in [0.717, 1.165) is 12.8 Å². The Morgan fingerprint density at radius 1 is 1.39 bits per heavy atom. The highest BCUT2D eigenvalue weighted by molar-refractivity contribution is 6.11. The molecular formula is C12H24B2O4. The third-order valence-corrected chi connectivity index (χ3v) is 3.92. The molecule has 0 amide bonds. The van der Waals surface area contributed by atoms with Crippen molar-refractivity contribution < 1.29 is 20.7 Å². The summed E-state index contributed by atoms with van der Waals surface area (Å²) in [5, 5.41) is 9.71. The lowest BCUT2D eigenvalue weighted by Crippen LogP contribution is -2.28. The lowest BCUT2D eigenvalue weighted by atomic mass is 9.86. The van der Waals surface area contributed by atoms with Gasteiger partial charge in [-0.3, -0.25) is 0 Å². The molecule has 1 aliphatic heterocycles. The highest BCUT2D eigenvalue weighted by Gasteiger charge is 2.32. The average Bonchev–Trinajstić information content (AvgIpc) is 2.87. The third kappa shape index (κ3) is 3.73. The molecule has 18 heavy (non-hydrogen) atoms. The Bertz CT molecular complexity index is 284. The molecule has 0 radical (unpaired) electrons. The number of ether oxygens (including phenoxy) is 3. The minimum atomic E-state index is -0.428. The summed E-state index contributed by atoms with van der Waals surface area (Å²) in [7, 11) is 4.16. The van der Waals surface area contributed by atoms with Crippen molar-refractivity contribution in [3.63, 3.8) is 0 Å². The Kier molecular flexibility index (Phi) is 4.63. The van der Waals surface area contributed by atoms with Crippen LogP contribution in [0.4, 0.5) is 0 Å². The summed E-state index contributed by atoms with van der Waals surface area (Å²) >= 11 is 0. The van der Waals surface area contributed by atoms with Gasteiger partial charge < -0.3 is 19.3 Å². The Hall–Kier alpha value is -0.0301. The van der Waals surface area contributed by atoms with Crippen molar-refractivity contribution in [2.75, 3.05) is 13.4 Å². The van der Waals surface area contributed by atoms with Gasteiger partial charge in [-0.1, -0.05) is 19.1 Å². The van der Waals surface area contributed by atoms with E-state index in [0.29, 0.717) is 31.7 Å². The molecular weight excluding hydrogens is 230 g/mol. The first-order valence-corrected chi connectivity index (χ1v) is 6.92. The van der Waals surface area contributed by atoms with Crippen LogP contribution < -0.4 is 0 Å². The van der Waals surface area contributed by atoms with Crippen molar-refractivity contribution in [2.45, 2.75) is 56.3 Å². The lowest BCUT2D eigenvalue weighted by Gasteiger charge is -2.18. The summed E-state index contributed by atoms with van der Waals surface area (Å²) in [5.41, 5.74) is 0. The predicted molar refractivity (Wildman–Crippen MR) is 74.2 cm³/mol. The second-order valence-corrected chi connectivity index (χ2v) is 5.82. The molecule has 6 heteroatoms. The van der Waals surface area contributed by atoms with Gasteiger partial charge in [0, 0.05) is 7.37 Å². The van der Waals surface area contributed by atoms with Crippen molar-refractivity contribution in [3.05, 3.63) is 0 Å². The van der Waals surface area contributed by atoms with Crippen molar-refractivity contribution in [1.29, 1.82) is 0 Å². The standard InChI is InChI=1S/C12H24B2O4/c1-7-2-8(13)3-10(7)17-6-16-5-11-9(15)4-12(14)18-11/h7-12,15H,2-6,13-14H2,1H3/i1D. The molecule has 0 aromatic rings. The molecule has 0 bridgehead atoms. The van der Waals surface area contributed by atoms with Gasteiger partial charge in [-0.05, 0) is 18.8 Å². The van der Waals surface area contributed by atoms with Gasteiger partial charge in [0.15, 0.2) is 0 Å². The quantitative estimate of drug-likeness (QED) is 0.401. The van der Waals surface area contributed by atoms with Crippen LogP contribution in [0.2, 0.25) is 5.82 Å². The van der Waals surface area contributed by atoms with E-state index in [4.69, 9.17) is 15.6 Å². The highest BCUT2D eigenvalue weighted by Crippen LogP contribution is 2.34. The molecule has 1 aliphatic carbocycles. The van der Waals surface area contributed by atoms with Gasteiger partial charge in [-0.2, -0.15) is 0 Å². The van der Waals surface area contributed by atoms with Gasteiger partial charge in [0.05, 0.1) is 18.8 Å². The zero-order valence-corrected chi connectivity index (χ0v) is 11.4. The largest absolute Gasteiger partial charge is 0.390 e. The number of hydrogen-bond donors (Lipinski definition) is 1. The average molecular weight is 255 g/mol. The van der Waals surface area contributed by atoms with Crippen LogP contribution in [0.1, 0.15) is 27.5 Å². The topological polar surface area (TPSA) is 47.9 Å². The SMILES string of the molecule is [2H]CC1CC(B)CC1OCOCC1OC(B)CC1O. The highest BCUT2D eigenvalue weighted by atomic mass is 16.7. The third-order valence-electron chi connectivity index (χ3n) is 3.92. The molecule has 2 rings (SSSR count). The molecule has 0 aromatic heterocycles. The molecule has 1 saturated heterocycles. The van der Waals surface area contributed by atoms with Crippen molar-refractivity contribution in [2.24, 2.45) is 5.92 Å². The molecule has 1 N–H and O–H groups in total. The van der Waals surface area contributed by atoms with Gasteiger partial charge >= 0.3 is 0 Å². The normalized spacial score (nSPS) is 45.3. The first kappa shape index (κ1) is 13.0. The molecule has 2 aliphatic rings. The Morgan fingerprint density at radius 3 is 2.89 bits per heavy atom. The van der Waals surface area contributed by atoms with E-state index < -0.39 is 6.10 Å². The summed E-state index contributed by atoms with van der Waals surface area (Å²) < 4.78 is 24.2. The van der Waals surface area contributed by atoms with Crippen LogP contribution in [0.5, 0.6) is 0 Å². The first-order valence-electron chi connectivity index (χ1n) is 7.63. The maximum Gasteiger partial charge on any atom is 0.147 e. The zero-order chi connectivity index (χ0) is 13.8. The minimum Gasteiger partial charge on any atom is -0.390 e. The molecule has 6 unspecified atom stereocenters. The monoisotopic (exact) mass is 255 g/mol. The fraction of sp³-hybridized carbons (Fsp3) is 1.00. The van der Waals surface area contributed by atoms with Gasteiger partial charge in [0.25, 0.3) is 0 Å². The molecule has 0 spiro atoms. The van der Waals surface area contributed by atoms with Crippen molar-refractivity contribution >= 4 is 15.7 Å². The van der Waals surface area contributed by atoms with Crippen LogP contribution in [-0.2, 0) is 14.2 Å². The molecule has 4 nitrogen and oxygen atoms in total. The molecule has 1 heterocycles. The summed E-state index contributed by atoms with van der Waals surface area (Å²) in [4.78, 5) is 0. The predicted octanol–water partition coefficient (Wildman–Crippen LogP) is -0.694. The van der Waals surface area contributed by atoms with Gasteiger partial charge in [-0.15, -0.1) is 0 Å². The number of aliphatic hydroxyl groups is 1. The summed E-state index contributed by atoms with van der Waals surface area (Å²) in [6.45, 7) is 1.03. The zero-order valence-electron chi connectivity index (χ0n) is 12.4. The lowest BCUT2D eigenvalue weighted by molar-refractivity contribution is -0.125. The van der Waals surface area contributed by atoms with Gasteiger partial charge in [0.2, 0.25) is 0 Å². The second-order valence-electron chi connectivity index (χ2n) is 5.82. The number of rotatable bonds is 5. The Balaban J connectivity index is 1.61. The fourth-order valence-electron chi connectivity index (χ4n) is 2.94. The van der Waals surface area contributed by atoms with E-state index in [9.17, 15) is 5.11 Å². The smallest absolute Gasteiger partial charge is 0.147 e. The summed E-state index contributed by atoms with van der Waals surface area (Å²) in [5.74, 6) is 0.980. The minimum absolute atomic E-state index is 0.105. The Labute approximate surface area is 113 Å². The number of aliphatic hydroxyl groups excluding tert-OH is 1.